The van der Waals surface area contributed by atoms with Crippen LogP contribution in [0.4, 0.5) is 10.5 Å². The number of ether oxygens (including phenoxy) is 1. The molecule has 1 aromatic carbocycles. The van der Waals surface area contributed by atoms with Gasteiger partial charge in [-0.25, -0.2) is 4.79 Å². The summed E-state index contributed by atoms with van der Waals surface area (Å²) in [5, 5.41) is 5.25. The Morgan fingerprint density at radius 2 is 1.92 bits per heavy atom. The lowest BCUT2D eigenvalue weighted by atomic mass is 9.96. The third kappa shape index (κ3) is 3.68. The van der Waals surface area contributed by atoms with Gasteiger partial charge in [0, 0.05) is 5.69 Å². The molecule has 2 fully saturated rings. The van der Waals surface area contributed by atoms with Crippen LogP contribution in [-0.4, -0.2) is 47.4 Å². The monoisotopic (exact) mass is 359 g/mol. The van der Waals surface area contributed by atoms with E-state index in [9.17, 15) is 19.2 Å². The predicted octanol–water partition coefficient (Wildman–Crippen LogP) is 1.20. The van der Waals surface area contributed by atoms with Crippen molar-refractivity contribution >= 4 is 29.5 Å². The van der Waals surface area contributed by atoms with Gasteiger partial charge in [0.25, 0.3) is 11.8 Å². The average Bonchev–Trinajstić information content (AvgIpc) is 3.41. The highest BCUT2D eigenvalue weighted by molar-refractivity contribution is 6.09. The molecule has 26 heavy (non-hydrogen) atoms. The molecule has 1 aliphatic carbocycles. The Kier molecular flexibility index (Phi) is 4.67. The largest absolute Gasteiger partial charge is 0.454 e. The Morgan fingerprint density at radius 1 is 1.27 bits per heavy atom. The van der Waals surface area contributed by atoms with Crippen LogP contribution in [0.1, 0.15) is 25.3 Å². The van der Waals surface area contributed by atoms with E-state index < -0.39 is 42.5 Å². The van der Waals surface area contributed by atoms with Crippen molar-refractivity contribution in [3.8, 4) is 0 Å². The molecule has 1 atom stereocenters. The molecule has 1 saturated heterocycles. The zero-order chi connectivity index (χ0) is 18.9. The van der Waals surface area contributed by atoms with Crippen molar-refractivity contribution in [1.82, 2.24) is 10.2 Å². The number of hydrogen-bond acceptors (Lipinski definition) is 5. The van der Waals surface area contributed by atoms with E-state index in [1.807, 2.05) is 19.1 Å². The molecular formula is C18H21N3O5. The van der Waals surface area contributed by atoms with Crippen LogP contribution in [0.15, 0.2) is 24.3 Å². The van der Waals surface area contributed by atoms with Gasteiger partial charge in [-0.15, -0.1) is 0 Å². The van der Waals surface area contributed by atoms with Gasteiger partial charge >= 0.3 is 12.0 Å². The number of imide groups is 1. The Balaban J connectivity index is 1.48. The molecule has 1 aromatic rings. The van der Waals surface area contributed by atoms with Crippen molar-refractivity contribution in [3.63, 3.8) is 0 Å². The first kappa shape index (κ1) is 17.9. The fourth-order valence-corrected chi connectivity index (χ4v) is 2.95. The molecule has 4 amide bonds. The summed E-state index contributed by atoms with van der Waals surface area (Å²) in [4.78, 5) is 49.0. The van der Waals surface area contributed by atoms with Crippen LogP contribution >= 0.6 is 0 Å². The lowest BCUT2D eigenvalue weighted by Crippen LogP contribution is -2.46. The number of carbonyl (C=O) groups is 4. The summed E-state index contributed by atoms with van der Waals surface area (Å²) in [6, 6.07) is 6.55. The van der Waals surface area contributed by atoms with Gasteiger partial charge in [-0.2, -0.15) is 0 Å². The third-order valence-corrected chi connectivity index (χ3v) is 4.68. The summed E-state index contributed by atoms with van der Waals surface area (Å²) in [5.74, 6) is -1.62. The number of carbonyl (C=O) groups excluding carboxylic acids is 4. The molecule has 0 radical (unpaired) electrons. The van der Waals surface area contributed by atoms with Crippen molar-refractivity contribution < 1.29 is 23.9 Å². The molecule has 8 nitrogen and oxygen atoms in total. The van der Waals surface area contributed by atoms with Crippen LogP contribution in [0.5, 0.6) is 0 Å². The van der Waals surface area contributed by atoms with Gasteiger partial charge in [0.15, 0.2) is 6.61 Å². The molecule has 1 aliphatic heterocycles. The molecule has 0 bridgehead atoms. The lowest BCUT2D eigenvalue weighted by molar-refractivity contribution is -0.150. The fourth-order valence-electron chi connectivity index (χ4n) is 2.95. The maximum absolute atomic E-state index is 12.4. The topological polar surface area (TPSA) is 105 Å². The molecule has 2 N–H and O–H groups in total. The number of benzene rings is 1. The standard InChI is InChI=1S/C18H21N3O5/c1-11-3-7-13(8-4-11)19-14(22)10-26-15(23)9-21-16(24)18(2,12-5-6-12)20-17(21)25/h3-4,7-8,12H,5-6,9-10H2,1-2H3,(H,19,22)(H,20,25)/t18-/m0/s1. The molecule has 1 heterocycles. The van der Waals surface area contributed by atoms with Gasteiger partial charge in [0.1, 0.15) is 12.1 Å². The zero-order valence-corrected chi connectivity index (χ0v) is 14.7. The van der Waals surface area contributed by atoms with Crippen LogP contribution in [-0.2, 0) is 19.1 Å². The summed E-state index contributed by atoms with van der Waals surface area (Å²) in [6.45, 7) is 2.60. The molecule has 1 saturated carbocycles. The summed E-state index contributed by atoms with van der Waals surface area (Å²) < 4.78 is 4.88. The summed E-state index contributed by atoms with van der Waals surface area (Å²) in [7, 11) is 0. The Bertz CT molecular complexity index is 757. The number of aryl methyl sites for hydroxylation is 1. The van der Waals surface area contributed by atoms with Crippen molar-refractivity contribution in [1.29, 1.82) is 0 Å². The molecule has 3 rings (SSSR count). The molecular weight excluding hydrogens is 338 g/mol. The fraction of sp³-hybridized carbons (Fsp3) is 0.444. The Morgan fingerprint density at radius 3 is 2.54 bits per heavy atom. The first-order chi connectivity index (χ1) is 12.3. The van der Waals surface area contributed by atoms with Crippen molar-refractivity contribution in [3.05, 3.63) is 29.8 Å². The normalized spacial score (nSPS) is 22.2. The summed E-state index contributed by atoms with van der Waals surface area (Å²) in [5.41, 5.74) is 0.701. The van der Waals surface area contributed by atoms with Crippen LogP contribution < -0.4 is 10.6 Å². The predicted molar refractivity (Wildman–Crippen MR) is 92.1 cm³/mol. The molecule has 2 aliphatic rings. The van der Waals surface area contributed by atoms with Crippen LogP contribution in [0.25, 0.3) is 0 Å². The highest BCUT2D eigenvalue weighted by atomic mass is 16.5. The molecule has 138 valence electrons. The van der Waals surface area contributed by atoms with E-state index >= 15 is 0 Å². The Labute approximate surface area is 150 Å². The van der Waals surface area contributed by atoms with Gasteiger partial charge in [0.2, 0.25) is 0 Å². The zero-order valence-electron chi connectivity index (χ0n) is 14.7. The number of esters is 1. The Hall–Kier alpha value is -2.90. The van der Waals surface area contributed by atoms with Gasteiger partial charge in [0.05, 0.1) is 0 Å². The number of hydrogen-bond donors (Lipinski definition) is 2. The number of nitrogens with zero attached hydrogens (tertiary/aromatic N) is 1. The van der Waals surface area contributed by atoms with E-state index in [0.29, 0.717) is 5.69 Å². The average molecular weight is 359 g/mol. The quantitative estimate of drug-likeness (QED) is 0.586. The second-order valence-corrected chi connectivity index (χ2v) is 6.87. The van der Waals surface area contributed by atoms with E-state index in [1.54, 1.807) is 19.1 Å². The number of urea groups is 1. The first-order valence-corrected chi connectivity index (χ1v) is 8.46. The van der Waals surface area contributed by atoms with E-state index in [4.69, 9.17) is 4.74 Å². The minimum Gasteiger partial charge on any atom is -0.454 e. The second-order valence-electron chi connectivity index (χ2n) is 6.87. The van der Waals surface area contributed by atoms with E-state index in [1.165, 1.54) is 0 Å². The number of rotatable bonds is 6. The van der Waals surface area contributed by atoms with Gasteiger partial charge in [-0.3, -0.25) is 19.3 Å². The maximum Gasteiger partial charge on any atom is 0.326 e. The number of anilines is 1. The van der Waals surface area contributed by atoms with E-state index in [2.05, 4.69) is 10.6 Å². The second kappa shape index (κ2) is 6.78. The maximum atomic E-state index is 12.4. The minimum atomic E-state index is -0.944. The van der Waals surface area contributed by atoms with Crippen molar-refractivity contribution in [2.45, 2.75) is 32.2 Å². The van der Waals surface area contributed by atoms with Gasteiger partial charge in [-0.1, -0.05) is 17.7 Å². The molecule has 0 spiro atoms. The molecule has 8 heteroatoms. The number of amides is 4. The lowest BCUT2D eigenvalue weighted by Gasteiger charge is -2.20. The third-order valence-electron chi connectivity index (χ3n) is 4.68. The van der Waals surface area contributed by atoms with Crippen LogP contribution in [0.2, 0.25) is 0 Å². The molecule has 0 aromatic heterocycles. The highest BCUT2D eigenvalue weighted by Gasteiger charge is 2.56. The minimum absolute atomic E-state index is 0.111. The smallest absolute Gasteiger partial charge is 0.326 e. The van der Waals surface area contributed by atoms with Crippen LogP contribution in [0.3, 0.4) is 0 Å². The van der Waals surface area contributed by atoms with Crippen LogP contribution in [0, 0.1) is 12.8 Å². The SMILES string of the molecule is Cc1ccc(NC(=O)COC(=O)CN2C(=O)N[C@@](C)(C3CC3)C2=O)cc1. The number of nitrogens with one attached hydrogen (secondary N) is 2. The van der Waals surface area contributed by atoms with E-state index in [0.717, 1.165) is 23.3 Å². The summed E-state index contributed by atoms with van der Waals surface area (Å²) in [6.07, 6.45) is 1.75. The van der Waals surface area contributed by atoms with Crippen molar-refractivity contribution in [2.75, 3.05) is 18.5 Å². The van der Waals surface area contributed by atoms with Gasteiger partial charge in [-0.05, 0) is 44.7 Å². The summed E-state index contributed by atoms with van der Waals surface area (Å²) >= 11 is 0. The van der Waals surface area contributed by atoms with Gasteiger partial charge < -0.3 is 15.4 Å². The van der Waals surface area contributed by atoms with E-state index in [-0.39, 0.29) is 5.92 Å². The first-order valence-electron chi connectivity index (χ1n) is 8.46. The van der Waals surface area contributed by atoms with Crippen molar-refractivity contribution in [2.24, 2.45) is 5.92 Å². The highest BCUT2D eigenvalue weighted by Crippen LogP contribution is 2.42. The molecule has 0 unspecified atom stereocenters.